The third kappa shape index (κ3) is 4.14. The quantitative estimate of drug-likeness (QED) is 0.877. The van der Waals surface area contributed by atoms with Gasteiger partial charge in [-0.2, -0.15) is 0 Å². The summed E-state index contributed by atoms with van der Waals surface area (Å²) in [5.41, 5.74) is 2.87. The number of amides is 1. The first kappa shape index (κ1) is 15.7. The Hall–Kier alpha value is -1.68. The van der Waals surface area contributed by atoms with Crippen molar-refractivity contribution in [2.75, 3.05) is 0 Å². The summed E-state index contributed by atoms with van der Waals surface area (Å²) in [5.74, 6) is -0.573. The Morgan fingerprint density at radius 2 is 2.00 bits per heavy atom. The highest BCUT2D eigenvalue weighted by Gasteiger charge is 2.12. The molecule has 0 fully saturated rings. The number of rotatable bonds is 4. The second kappa shape index (κ2) is 6.85. The Labute approximate surface area is 132 Å². The highest BCUT2D eigenvalue weighted by Crippen LogP contribution is 2.17. The van der Waals surface area contributed by atoms with E-state index in [1.54, 1.807) is 0 Å². The molecular formula is C17H17BrFNO. The lowest BCUT2D eigenvalue weighted by Gasteiger charge is -2.15. The molecule has 0 spiro atoms. The summed E-state index contributed by atoms with van der Waals surface area (Å²) < 4.78 is 13.5. The molecule has 0 aliphatic heterocycles. The first-order valence-corrected chi connectivity index (χ1v) is 7.57. The molecule has 0 heterocycles. The van der Waals surface area contributed by atoms with Crippen LogP contribution in [0.25, 0.3) is 0 Å². The summed E-state index contributed by atoms with van der Waals surface area (Å²) in [5, 5.41) is 2.94. The molecule has 0 radical (unpaired) electrons. The summed E-state index contributed by atoms with van der Waals surface area (Å²) in [7, 11) is 0. The molecule has 2 nitrogen and oxygen atoms in total. The topological polar surface area (TPSA) is 29.1 Å². The second-order valence-corrected chi connectivity index (χ2v) is 5.99. The minimum absolute atomic E-state index is 0.00225. The molecule has 0 aliphatic carbocycles. The normalized spacial score (nSPS) is 12.0. The fourth-order valence-corrected chi connectivity index (χ4v) is 2.54. The Morgan fingerprint density at radius 1 is 1.29 bits per heavy atom. The van der Waals surface area contributed by atoms with E-state index in [2.05, 4.69) is 40.3 Å². The van der Waals surface area contributed by atoms with Gasteiger partial charge in [0.1, 0.15) is 5.82 Å². The fourth-order valence-electron chi connectivity index (χ4n) is 2.16. The first-order valence-electron chi connectivity index (χ1n) is 6.78. The van der Waals surface area contributed by atoms with Crippen molar-refractivity contribution >= 4 is 21.8 Å². The maximum atomic E-state index is 13.2. The van der Waals surface area contributed by atoms with Crippen LogP contribution < -0.4 is 5.32 Å². The summed E-state index contributed by atoms with van der Waals surface area (Å²) in [6, 6.07) is 12.4. The van der Waals surface area contributed by atoms with Gasteiger partial charge in [0.2, 0.25) is 0 Å². The molecule has 0 aromatic heterocycles. The zero-order chi connectivity index (χ0) is 15.4. The molecule has 0 aliphatic rings. The van der Waals surface area contributed by atoms with Crippen molar-refractivity contribution in [1.29, 1.82) is 0 Å². The molecule has 0 bridgehead atoms. The lowest BCUT2D eigenvalue weighted by atomic mass is 10.0. The monoisotopic (exact) mass is 349 g/mol. The third-order valence-electron chi connectivity index (χ3n) is 3.35. The van der Waals surface area contributed by atoms with Crippen LogP contribution in [-0.2, 0) is 6.42 Å². The van der Waals surface area contributed by atoms with E-state index in [0.29, 0.717) is 10.0 Å². The van der Waals surface area contributed by atoms with Gasteiger partial charge in [-0.1, -0.05) is 24.3 Å². The molecule has 21 heavy (non-hydrogen) atoms. The maximum Gasteiger partial charge on any atom is 0.251 e. The Bertz CT molecular complexity index is 657. The van der Waals surface area contributed by atoms with Gasteiger partial charge in [-0.3, -0.25) is 4.79 Å². The molecule has 1 atom stereocenters. The van der Waals surface area contributed by atoms with Crippen LogP contribution in [0.4, 0.5) is 4.39 Å². The number of halogens is 2. The number of aryl methyl sites for hydroxylation is 1. The van der Waals surface area contributed by atoms with Crippen molar-refractivity contribution in [1.82, 2.24) is 5.32 Å². The number of carbonyl (C=O) groups is 1. The number of carbonyl (C=O) groups excluding carboxylic acids is 1. The Kier molecular flexibility index (Phi) is 5.12. The molecule has 1 unspecified atom stereocenters. The van der Waals surface area contributed by atoms with Gasteiger partial charge >= 0.3 is 0 Å². The van der Waals surface area contributed by atoms with Crippen molar-refractivity contribution in [3.8, 4) is 0 Å². The highest BCUT2D eigenvalue weighted by molar-refractivity contribution is 9.10. The maximum absolute atomic E-state index is 13.2. The lowest BCUT2D eigenvalue weighted by Crippen LogP contribution is -2.34. The van der Waals surface area contributed by atoms with Gasteiger partial charge in [0, 0.05) is 11.6 Å². The van der Waals surface area contributed by atoms with Crippen molar-refractivity contribution in [2.24, 2.45) is 0 Å². The average Bonchev–Trinajstić information content (AvgIpc) is 2.44. The van der Waals surface area contributed by atoms with Crippen LogP contribution in [0.1, 0.15) is 28.4 Å². The van der Waals surface area contributed by atoms with Crippen LogP contribution in [0.3, 0.4) is 0 Å². The van der Waals surface area contributed by atoms with Crippen molar-refractivity contribution in [3.05, 3.63) is 69.4 Å². The van der Waals surface area contributed by atoms with Crippen LogP contribution in [0, 0.1) is 12.7 Å². The molecule has 2 aromatic rings. The van der Waals surface area contributed by atoms with E-state index in [4.69, 9.17) is 0 Å². The van der Waals surface area contributed by atoms with E-state index in [1.807, 2.05) is 19.1 Å². The Balaban J connectivity index is 2.02. The number of benzene rings is 2. The van der Waals surface area contributed by atoms with Crippen molar-refractivity contribution < 1.29 is 9.18 Å². The van der Waals surface area contributed by atoms with E-state index in [-0.39, 0.29) is 17.8 Å². The fraction of sp³-hybridized carbons (Fsp3) is 0.235. The molecule has 0 saturated carbocycles. The van der Waals surface area contributed by atoms with Gasteiger partial charge < -0.3 is 5.32 Å². The van der Waals surface area contributed by atoms with Crippen LogP contribution in [-0.4, -0.2) is 11.9 Å². The highest BCUT2D eigenvalue weighted by atomic mass is 79.9. The van der Waals surface area contributed by atoms with Gasteiger partial charge in [-0.25, -0.2) is 4.39 Å². The number of hydrogen-bond donors (Lipinski definition) is 1. The van der Waals surface area contributed by atoms with Gasteiger partial charge in [0.25, 0.3) is 5.91 Å². The number of nitrogens with one attached hydrogen (secondary N) is 1. The molecule has 1 amide bonds. The summed E-state index contributed by atoms with van der Waals surface area (Å²) in [6.07, 6.45) is 0.765. The van der Waals surface area contributed by atoms with Crippen LogP contribution in [0.5, 0.6) is 0 Å². The standard InChI is InChI=1S/C17H17BrFNO/c1-11-5-3-4-6-13(11)9-12(2)20-17(21)14-7-8-16(19)15(18)10-14/h3-8,10,12H,9H2,1-2H3,(H,20,21). The van der Waals surface area contributed by atoms with Crippen LogP contribution in [0.2, 0.25) is 0 Å². The third-order valence-corrected chi connectivity index (χ3v) is 3.95. The molecule has 110 valence electrons. The number of hydrogen-bond acceptors (Lipinski definition) is 1. The summed E-state index contributed by atoms with van der Waals surface area (Å²) in [4.78, 5) is 12.1. The first-order chi connectivity index (χ1) is 9.97. The molecule has 2 aromatic carbocycles. The van der Waals surface area contributed by atoms with Gasteiger partial charge in [-0.05, 0) is 65.5 Å². The van der Waals surface area contributed by atoms with Crippen LogP contribution >= 0.6 is 15.9 Å². The van der Waals surface area contributed by atoms with Crippen molar-refractivity contribution in [3.63, 3.8) is 0 Å². The largest absolute Gasteiger partial charge is 0.349 e. The molecule has 1 N–H and O–H groups in total. The molecular weight excluding hydrogens is 333 g/mol. The zero-order valence-corrected chi connectivity index (χ0v) is 13.6. The van der Waals surface area contributed by atoms with E-state index < -0.39 is 0 Å². The van der Waals surface area contributed by atoms with Gasteiger partial charge in [-0.15, -0.1) is 0 Å². The SMILES string of the molecule is Cc1ccccc1CC(C)NC(=O)c1ccc(F)c(Br)c1. The second-order valence-electron chi connectivity index (χ2n) is 5.13. The predicted octanol–water partition coefficient (Wildman–Crippen LogP) is 4.26. The zero-order valence-electron chi connectivity index (χ0n) is 12.0. The summed E-state index contributed by atoms with van der Waals surface area (Å²) in [6.45, 7) is 4.02. The van der Waals surface area contributed by atoms with Gasteiger partial charge in [0.05, 0.1) is 4.47 Å². The van der Waals surface area contributed by atoms with Gasteiger partial charge in [0.15, 0.2) is 0 Å². The molecule has 0 saturated heterocycles. The lowest BCUT2D eigenvalue weighted by molar-refractivity contribution is 0.0940. The van der Waals surface area contributed by atoms with E-state index in [0.717, 1.165) is 6.42 Å². The predicted molar refractivity (Wildman–Crippen MR) is 85.9 cm³/mol. The van der Waals surface area contributed by atoms with E-state index in [9.17, 15) is 9.18 Å². The van der Waals surface area contributed by atoms with E-state index >= 15 is 0 Å². The minimum atomic E-state index is -0.375. The molecule has 4 heteroatoms. The van der Waals surface area contributed by atoms with E-state index in [1.165, 1.54) is 29.3 Å². The minimum Gasteiger partial charge on any atom is -0.349 e. The smallest absolute Gasteiger partial charge is 0.251 e. The summed E-state index contributed by atoms with van der Waals surface area (Å²) >= 11 is 3.09. The average molecular weight is 350 g/mol. The van der Waals surface area contributed by atoms with Crippen LogP contribution in [0.15, 0.2) is 46.9 Å². The molecule has 2 rings (SSSR count). The Morgan fingerprint density at radius 3 is 2.67 bits per heavy atom. The van der Waals surface area contributed by atoms with Crippen molar-refractivity contribution in [2.45, 2.75) is 26.3 Å².